The highest BCUT2D eigenvalue weighted by Gasteiger charge is 2.19. The maximum Gasteiger partial charge on any atom is 0.261 e. The second-order valence-corrected chi connectivity index (χ2v) is 5.19. The van der Waals surface area contributed by atoms with Gasteiger partial charge in [-0.1, -0.05) is 19.1 Å². The smallest absolute Gasteiger partial charge is 0.261 e. The molecule has 1 aliphatic rings. The highest BCUT2D eigenvalue weighted by Crippen LogP contribution is 2.18. The molecule has 1 aliphatic heterocycles. The third-order valence-corrected chi connectivity index (χ3v) is 3.60. The second-order valence-electron chi connectivity index (χ2n) is 5.19. The Morgan fingerprint density at radius 2 is 2.14 bits per heavy atom. The van der Waals surface area contributed by atoms with Crippen molar-refractivity contribution in [2.45, 2.75) is 19.4 Å². The van der Waals surface area contributed by atoms with Crippen LogP contribution in [0, 0.1) is 5.82 Å². The number of para-hydroxylation sites is 1. The van der Waals surface area contributed by atoms with Gasteiger partial charge in [-0.2, -0.15) is 0 Å². The van der Waals surface area contributed by atoms with E-state index in [4.69, 9.17) is 9.47 Å². The van der Waals surface area contributed by atoms with Crippen LogP contribution in [0.5, 0.6) is 5.75 Å². The molecule has 2 rings (SSSR count). The molecule has 1 atom stereocenters. The van der Waals surface area contributed by atoms with E-state index in [-0.39, 0.29) is 11.7 Å². The fraction of sp³-hybridized carbons (Fsp3) is 0.562. The lowest BCUT2D eigenvalue weighted by Crippen LogP contribution is -2.44. The third kappa shape index (κ3) is 4.96. The molecule has 1 N–H and O–H groups in total. The lowest BCUT2D eigenvalue weighted by Gasteiger charge is -2.26. The Labute approximate surface area is 130 Å². The summed E-state index contributed by atoms with van der Waals surface area (Å²) in [6.07, 6.45) is -0.195. The number of nitrogens with zero attached hydrogens (tertiary/aromatic N) is 1. The summed E-state index contributed by atoms with van der Waals surface area (Å²) in [7, 11) is 0. The van der Waals surface area contributed by atoms with Crippen molar-refractivity contribution in [3.8, 4) is 5.75 Å². The molecule has 122 valence electrons. The summed E-state index contributed by atoms with van der Waals surface area (Å²) in [5, 5.41) is 2.85. The summed E-state index contributed by atoms with van der Waals surface area (Å²) in [6, 6.07) is 6.12. The van der Waals surface area contributed by atoms with Crippen molar-refractivity contribution in [2.75, 3.05) is 39.4 Å². The van der Waals surface area contributed by atoms with Gasteiger partial charge in [0.05, 0.1) is 13.2 Å². The first-order valence-corrected chi connectivity index (χ1v) is 7.69. The zero-order valence-corrected chi connectivity index (χ0v) is 12.9. The van der Waals surface area contributed by atoms with Gasteiger partial charge in [-0.3, -0.25) is 9.69 Å². The predicted octanol–water partition coefficient (Wildman–Crippen LogP) is 1.43. The Morgan fingerprint density at radius 3 is 2.82 bits per heavy atom. The van der Waals surface area contributed by atoms with Crippen LogP contribution < -0.4 is 10.1 Å². The van der Waals surface area contributed by atoms with Crippen molar-refractivity contribution in [2.24, 2.45) is 0 Å². The van der Waals surface area contributed by atoms with Crippen molar-refractivity contribution >= 4 is 5.91 Å². The summed E-state index contributed by atoms with van der Waals surface area (Å²) in [4.78, 5) is 14.4. The van der Waals surface area contributed by atoms with Gasteiger partial charge in [-0.05, 0) is 18.6 Å². The molecule has 0 bridgehead atoms. The maximum atomic E-state index is 13.6. The van der Waals surface area contributed by atoms with Crippen molar-refractivity contribution in [3.63, 3.8) is 0 Å². The van der Waals surface area contributed by atoms with Crippen LogP contribution in [0.25, 0.3) is 0 Å². The number of morpholine rings is 1. The molecule has 1 amide bonds. The lowest BCUT2D eigenvalue weighted by atomic mass is 10.2. The fourth-order valence-corrected chi connectivity index (χ4v) is 2.29. The van der Waals surface area contributed by atoms with E-state index in [9.17, 15) is 9.18 Å². The molecule has 1 saturated heterocycles. The Kier molecular flexibility index (Phi) is 6.61. The number of carbonyl (C=O) groups is 1. The van der Waals surface area contributed by atoms with Crippen LogP contribution in [0.3, 0.4) is 0 Å². The molecule has 5 nitrogen and oxygen atoms in total. The molecule has 0 aromatic heterocycles. The number of ether oxygens (including phenoxy) is 2. The number of carbonyl (C=O) groups excluding carboxylic acids is 1. The minimum atomic E-state index is -0.679. The number of hydrogen-bond acceptors (Lipinski definition) is 4. The molecule has 0 saturated carbocycles. The summed E-state index contributed by atoms with van der Waals surface area (Å²) >= 11 is 0. The molecule has 1 aromatic rings. The van der Waals surface area contributed by atoms with E-state index in [1.165, 1.54) is 12.1 Å². The quantitative estimate of drug-likeness (QED) is 0.828. The highest BCUT2D eigenvalue weighted by molar-refractivity contribution is 5.81. The normalized spacial score (nSPS) is 17.0. The second kappa shape index (κ2) is 8.70. The Bertz CT molecular complexity index is 478. The lowest BCUT2D eigenvalue weighted by molar-refractivity contribution is -0.128. The first-order chi connectivity index (χ1) is 10.7. The monoisotopic (exact) mass is 310 g/mol. The standard InChI is InChI=1S/C16H23FN2O3/c1-2-14(22-15-6-4-3-5-13(15)17)16(20)18-7-8-19-9-11-21-12-10-19/h3-6,14H,2,7-12H2,1H3,(H,18,20)/t14-/m1/s1. The van der Waals surface area contributed by atoms with E-state index in [0.29, 0.717) is 13.0 Å². The van der Waals surface area contributed by atoms with Crippen LogP contribution >= 0.6 is 0 Å². The maximum absolute atomic E-state index is 13.6. The largest absolute Gasteiger partial charge is 0.478 e. The molecule has 1 heterocycles. The van der Waals surface area contributed by atoms with E-state index >= 15 is 0 Å². The summed E-state index contributed by atoms with van der Waals surface area (Å²) in [6.45, 7) is 6.43. The predicted molar refractivity (Wildman–Crippen MR) is 81.4 cm³/mol. The van der Waals surface area contributed by atoms with Gasteiger partial charge >= 0.3 is 0 Å². The topological polar surface area (TPSA) is 50.8 Å². The van der Waals surface area contributed by atoms with Crippen LogP contribution in [-0.4, -0.2) is 56.3 Å². The molecule has 0 aliphatic carbocycles. The number of nitrogens with one attached hydrogen (secondary N) is 1. The van der Waals surface area contributed by atoms with Crippen molar-refractivity contribution in [1.29, 1.82) is 0 Å². The number of rotatable bonds is 7. The fourth-order valence-electron chi connectivity index (χ4n) is 2.29. The SMILES string of the molecule is CC[C@@H](Oc1ccccc1F)C(=O)NCCN1CCOCC1. The van der Waals surface area contributed by atoms with Crippen LogP contribution in [0.4, 0.5) is 4.39 Å². The molecular weight excluding hydrogens is 287 g/mol. The minimum Gasteiger partial charge on any atom is -0.478 e. The number of benzene rings is 1. The summed E-state index contributed by atoms with van der Waals surface area (Å²) in [5.74, 6) is -0.557. The van der Waals surface area contributed by atoms with Crippen molar-refractivity contribution < 1.29 is 18.7 Å². The Hall–Kier alpha value is -1.66. The number of amides is 1. The molecule has 0 unspecified atom stereocenters. The van der Waals surface area contributed by atoms with Gasteiger partial charge in [-0.25, -0.2) is 4.39 Å². The third-order valence-electron chi connectivity index (χ3n) is 3.60. The van der Waals surface area contributed by atoms with Gasteiger partial charge in [-0.15, -0.1) is 0 Å². The summed E-state index contributed by atoms with van der Waals surface area (Å²) in [5.41, 5.74) is 0. The van der Waals surface area contributed by atoms with Gasteiger partial charge in [0.25, 0.3) is 5.91 Å². The van der Waals surface area contributed by atoms with Gasteiger partial charge in [0.1, 0.15) is 0 Å². The molecule has 0 spiro atoms. The Morgan fingerprint density at radius 1 is 1.41 bits per heavy atom. The van der Waals surface area contributed by atoms with Crippen LogP contribution in [0.15, 0.2) is 24.3 Å². The minimum absolute atomic E-state index is 0.109. The van der Waals surface area contributed by atoms with Crippen molar-refractivity contribution in [1.82, 2.24) is 10.2 Å². The number of halogens is 1. The average molecular weight is 310 g/mol. The van der Waals surface area contributed by atoms with E-state index in [1.807, 2.05) is 6.92 Å². The number of hydrogen-bond donors (Lipinski definition) is 1. The first-order valence-electron chi connectivity index (χ1n) is 7.69. The molecule has 6 heteroatoms. The van der Waals surface area contributed by atoms with Gasteiger partial charge in [0, 0.05) is 26.2 Å². The molecule has 1 aromatic carbocycles. The van der Waals surface area contributed by atoms with Gasteiger partial charge < -0.3 is 14.8 Å². The highest BCUT2D eigenvalue weighted by atomic mass is 19.1. The van der Waals surface area contributed by atoms with E-state index in [0.717, 1.165) is 32.8 Å². The molecule has 1 fully saturated rings. The van der Waals surface area contributed by atoms with E-state index in [2.05, 4.69) is 10.2 Å². The molecular formula is C16H23FN2O3. The van der Waals surface area contributed by atoms with Gasteiger partial charge in [0.2, 0.25) is 0 Å². The van der Waals surface area contributed by atoms with Crippen molar-refractivity contribution in [3.05, 3.63) is 30.1 Å². The van der Waals surface area contributed by atoms with Gasteiger partial charge in [0.15, 0.2) is 17.7 Å². The molecule has 22 heavy (non-hydrogen) atoms. The Balaban J connectivity index is 1.77. The summed E-state index contributed by atoms with van der Waals surface area (Å²) < 4.78 is 24.3. The van der Waals surface area contributed by atoms with Crippen LogP contribution in [-0.2, 0) is 9.53 Å². The molecule has 0 radical (unpaired) electrons. The zero-order chi connectivity index (χ0) is 15.8. The zero-order valence-electron chi connectivity index (χ0n) is 12.9. The van der Waals surface area contributed by atoms with E-state index < -0.39 is 11.9 Å². The van der Waals surface area contributed by atoms with Crippen LogP contribution in [0.1, 0.15) is 13.3 Å². The first kappa shape index (κ1) is 16.7. The average Bonchev–Trinajstić information content (AvgIpc) is 2.55. The van der Waals surface area contributed by atoms with E-state index in [1.54, 1.807) is 12.1 Å². The van der Waals surface area contributed by atoms with Crippen LogP contribution in [0.2, 0.25) is 0 Å².